The van der Waals surface area contributed by atoms with Crippen molar-refractivity contribution in [3.05, 3.63) is 122 Å². The van der Waals surface area contributed by atoms with E-state index in [2.05, 4.69) is 81.6 Å². The predicted molar refractivity (Wildman–Crippen MR) is 144 cm³/mol. The highest BCUT2D eigenvalue weighted by Gasteiger charge is 2.16. The van der Waals surface area contributed by atoms with Crippen molar-refractivity contribution in [2.24, 2.45) is 0 Å². The number of hydrogen-bond acceptors (Lipinski definition) is 4. The molecule has 35 heavy (non-hydrogen) atoms. The Morgan fingerprint density at radius 1 is 0.514 bits per heavy atom. The quantitative estimate of drug-likeness (QED) is 0.257. The first-order chi connectivity index (χ1) is 17.4. The fraction of sp³-hybridized carbons (Fsp3) is 0. The van der Waals surface area contributed by atoms with Crippen molar-refractivity contribution in [3.8, 4) is 11.1 Å². The van der Waals surface area contributed by atoms with Crippen LogP contribution in [0.4, 0.5) is 17.2 Å². The average molecular weight is 449 g/mol. The summed E-state index contributed by atoms with van der Waals surface area (Å²) in [5.41, 5.74) is 4.14. The maximum Gasteiger partial charge on any atom is 0.137 e. The van der Waals surface area contributed by atoms with Gasteiger partial charge in [0.25, 0.3) is 0 Å². The standard InChI is InChI=1S/C31H20N4/c1-4-21-8-9-23-10-13-27(28-14-11-22(5-1)30(21)31(23)28)24-12-15-29(34-18-24)35(25-6-2-16-32-19-25)26-7-3-17-33-20-26/h1-20H. The Bertz CT molecular complexity index is 1720. The van der Waals surface area contributed by atoms with Gasteiger partial charge in [-0.3, -0.25) is 14.9 Å². The van der Waals surface area contributed by atoms with Crippen LogP contribution in [-0.4, -0.2) is 15.0 Å². The van der Waals surface area contributed by atoms with Gasteiger partial charge in [0.2, 0.25) is 0 Å². The normalized spacial score (nSPS) is 11.4. The van der Waals surface area contributed by atoms with Gasteiger partial charge in [0.05, 0.1) is 23.8 Å². The van der Waals surface area contributed by atoms with Crippen LogP contribution in [0, 0.1) is 0 Å². The first kappa shape index (κ1) is 19.6. The Labute approximate surface area is 202 Å². The summed E-state index contributed by atoms with van der Waals surface area (Å²) in [6.45, 7) is 0. The monoisotopic (exact) mass is 448 g/mol. The van der Waals surface area contributed by atoms with Crippen LogP contribution in [0.25, 0.3) is 43.4 Å². The third-order valence-electron chi connectivity index (χ3n) is 6.62. The zero-order valence-electron chi connectivity index (χ0n) is 18.8. The Morgan fingerprint density at radius 2 is 1.17 bits per heavy atom. The van der Waals surface area contributed by atoms with Crippen LogP contribution in [0.1, 0.15) is 0 Å². The minimum Gasteiger partial charge on any atom is -0.292 e. The number of aromatic nitrogens is 3. The lowest BCUT2D eigenvalue weighted by molar-refractivity contribution is 1.14. The highest BCUT2D eigenvalue weighted by atomic mass is 15.2. The lowest BCUT2D eigenvalue weighted by Crippen LogP contribution is -2.11. The van der Waals surface area contributed by atoms with Gasteiger partial charge < -0.3 is 0 Å². The average Bonchev–Trinajstić information content (AvgIpc) is 2.93. The van der Waals surface area contributed by atoms with Crippen molar-refractivity contribution in [2.75, 3.05) is 4.90 Å². The van der Waals surface area contributed by atoms with E-state index in [9.17, 15) is 0 Å². The molecule has 0 amide bonds. The molecule has 0 unspecified atom stereocenters. The third kappa shape index (κ3) is 3.19. The number of rotatable bonds is 4. The van der Waals surface area contributed by atoms with Gasteiger partial charge in [0.15, 0.2) is 0 Å². The van der Waals surface area contributed by atoms with E-state index in [-0.39, 0.29) is 0 Å². The number of nitrogens with zero attached hydrogens (tertiary/aromatic N) is 4. The molecular formula is C31H20N4. The highest BCUT2D eigenvalue weighted by Crippen LogP contribution is 2.40. The summed E-state index contributed by atoms with van der Waals surface area (Å²) in [5.74, 6) is 0.812. The summed E-state index contributed by atoms with van der Waals surface area (Å²) >= 11 is 0. The molecule has 0 fully saturated rings. The summed E-state index contributed by atoms with van der Waals surface area (Å²) in [5, 5.41) is 7.70. The minimum absolute atomic E-state index is 0.812. The first-order valence-electron chi connectivity index (χ1n) is 11.6. The van der Waals surface area contributed by atoms with Crippen molar-refractivity contribution in [1.29, 1.82) is 0 Å². The minimum atomic E-state index is 0.812. The van der Waals surface area contributed by atoms with Crippen LogP contribution in [0.2, 0.25) is 0 Å². The second-order valence-electron chi connectivity index (χ2n) is 8.63. The molecule has 0 bridgehead atoms. The Morgan fingerprint density at radius 3 is 1.80 bits per heavy atom. The van der Waals surface area contributed by atoms with Gasteiger partial charge in [-0.1, -0.05) is 54.6 Å². The molecule has 3 heterocycles. The summed E-state index contributed by atoms with van der Waals surface area (Å²) in [4.78, 5) is 15.6. The Kier molecular flexibility index (Phi) is 4.42. The SMILES string of the molecule is c1cncc(N(c2cccnc2)c2ccc(-c3ccc4ccc5cccc6ccc3c4c56)cn2)c1. The molecule has 0 aliphatic heterocycles. The lowest BCUT2D eigenvalue weighted by Gasteiger charge is -2.23. The van der Waals surface area contributed by atoms with E-state index in [0.717, 1.165) is 22.8 Å². The van der Waals surface area contributed by atoms with E-state index >= 15 is 0 Å². The van der Waals surface area contributed by atoms with Gasteiger partial charge in [0, 0.05) is 24.2 Å². The van der Waals surface area contributed by atoms with Crippen molar-refractivity contribution < 1.29 is 0 Å². The highest BCUT2D eigenvalue weighted by molar-refractivity contribution is 6.25. The molecule has 7 aromatic rings. The van der Waals surface area contributed by atoms with Crippen molar-refractivity contribution >= 4 is 49.5 Å². The molecule has 4 nitrogen and oxygen atoms in total. The Balaban J connectivity index is 1.38. The molecule has 0 saturated carbocycles. The molecule has 0 radical (unpaired) electrons. The lowest BCUT2D eigenvalue weighted by atomic mass is 9.90. The summed E-state index contributed by atoms with van der Waals surface area (Å²) < 4.78 is 0. The maximum atomic E-state index is 4.89. The largest absolute Gasteiger partial charge is 0.292 e. The van der Waals surface area contributed by atoms with E-state index < -0.39 is 0 Å². The summed E-state index contributed by atoms with van der Waals surface area (Å²) in [6.07, 6.45) is 9.18. The van der Waals surface area contributed by atoms with Crippen molar-refractivity contribution in [3.63, 3.8) is 0 Å². The zero-order chi connectivity index (χ0) is 23.2. The topological polar surface area (TPSA) is 41.9 Å². The summed E-state index contributed by atoms with van der Waals surface area (Å²) in [7, 11) is 0. The van der Waals surface area contributed by atoms with Crippen LogP contribution < -0.4 is 4.90 Å². The molecule has 0 N–H and O–H groups in total. The van der Waals surface area contributed by atoms with Crippen LogP contribution >= 0.6 is 0 Å². The molecule has 0 spiro atoms. The number of benzene rings is 4. The zero-order valence-corrected chi connectivity index (χ0v) is 18.8. The van der Waals surface area contributed by atoms with Gasteiger partial charge >= 0.3 is 0 Å². The molecule has 4 aromatic carbocycles. The van der Waals surface area contributed by atoms with E-state index in [1.807, 2.05) is 42.9 Å². The predicted octanol–water partition coefficient (Wildman–Crippen LogP) is 7.91. The van der Waals surface area contributed by atoms with E-state index in [4.69, 9.17) is 4.98 Å². The van der Waals surface area contributed by atoms with Gasteiger partial charge in [0.1, 0.15) is 5.82 Å². The molecule has 0 aliphatic rings. The molecule has 0 aliphatic carbocycles. The third-order valence-corrected chi connectivity index (χ3v) is 6.62. The van der Waals surface area contributed by atoms with Gasteiger partial charge in [-0.25, -0.2) is 4.98 Å². The fourth-order valence-corrected chi connectivity index (χ4v) is 5.05. The number of pyridine rings is 3. The van der Waals surface area contributed by atoms with E-state index in [0.29, 0.717) is 0 Å². The van der Waals surface area contributed by atoms with Gasteiger partial charge in [-0.05, 0) is 74.3 Å². The molecule has 7 rings (SSSR count). The van der Waals surface area contributed by atoms with E-state index in [1.165, 1.54) is 37.9 Å². The van der Waals surface area contributed by atoms with Crippen LogP contribution in [0.15, 0.2) is 122 Å². The molecule has 0 saturated heterocycles. The first-order valence-corrected chi connectivity index (χ1v) is 11.6. The maximum absolute atomic E-state index is 4.89. The summed E-state index contributed by atoms with van der Waals surface area (Å²) in [6, 6.07) is 31.9. The van der Waals surface area contributed by atoms with Crippen LogP contribution in [-0.2, 0) is 0 Å². The van der Waals surface area contributed by atoms with Crippen LogP contribution in [0.3, 0.4) is 0 Å². The van der Waals surface area contributed by atoms with Crippen molar-refractivity contribution in [1.82, 2.24) is 15.0 Å². The molecule has 4 heteroatoms. The molecule has 0 atom stereocenters. The molecule has 164 valence electrons. The second kappa shape index (κ2) is 7.89. The number of anilines is 3. The van der Waals surface area contributed by atoms with Crippen molar-refractivity contribution in [2.45, 2.75) is 0 Å². The Hall–Kier alpha value is -4.83. The smallest absolute Gasteiger partial charge is 0.137 e. The molecular weight excluding hydrogens is 428 g/mol. The van der Waals surface area contributed by atoms with Gasteiger partial charge in [-0.15, -0.1) is 0 Å². The fourth-order valence-electron chi connectivity index (χ4n) is 5.05. The van der Waals surface area contributed by atoms with Crippen LogP contribution in [0.5, 0.6) is 0 Å². The second-order valence-corrected chi connectivity index (χ2v) is 8.63. The number of hydrogen-bond donors (Lipinski definition) is 0. The molecule has 3 aromatic heterocycles. The van der Waals surface area contributed by atoms with Gasteiger partial charge in [-0.2, -0.15) is 0 Å². The van der Waals surface area contributed by atoms with E-state index in [1.54, 1.807) is 12.4 Å².